The molecule has 1 aliphatic rings. The van der Waals surface area contributed by atoms with Crippen LogP contribution in [0.3, 0.4) is 0 Å². The number of likely N-dealkylation sites (tertiary alicyclic amines) is 1. The summed E-state index contributed by atoms with van der Waals surface area (Å²) in [4.78, 5) is 14.2. The van der Waals surface area contributed by atoms with Crippen molar-refractivity contribution in [3.63, 3.8) is 0 Å². The average Bonchev–Trinajstić information content (AvgIpc) is 2.52. The van der Waals surface area contributed by atoms with Gasteiger partial charge in [0.05, 0.1) is 11.5 Å². The third kappa shape index (κ3) is 4.53. The summed E-state index contributed by atoms with van der Waals surface area (Å²) in [5.41, 5.74) is 0.945. The lowest BCUT2D eigenvalue weighted by Gasteiger charge is -2.33. The van der Waals surface area contributed by atoms with Crippen molar-refractivity contribution in [3.8, 4) is 0 Å². The quantitative estimate of drug-likeness (QED) is 0.833. The minimum atomic E-state index is -3.84. The summed E-state index contributed by atoms with van der Waals surface area (Å²) in [6.07, 6.45) is 1.96. The van der Waals surface area contributed by atoms with Crippen molar-refractivity contribution in [2.24, 2.45) is 5.92 Å². The van der Waals surface area contributed by atoms with Gasteiger partial charge in [0.1, 0.15) is 6.04 Å². The van der Waals surface area contributed by atoms with Crippen LogP contribution in [0.4, 0.5) is 0 Å². The predicted octanol–water partition coefficient (Wildman–Crippen LogP) is 0.893. The number of nitrogens with zero attached hydrogens (tertiary/aromatic N) is 1. The molecule has 7 heteroatoms. The fraction of sp³-hybridized carbons (Fsp3) is 0.562. The lowest BCUT2D eigenvalue weighted by atomic mass is 10.00. The van der Waals surface area contributed by atoms with E-state index in [2.05, 4.69) is 11.6 Å². The van der Waals surface area contributed by atoms with Crippen LogP contribution in [-0.4, -0.2) is 50.1 Å². The van der Waals surface area contributed by atoms with Crippen molar-refractivity contribution >= 4 is 15.9 Å². The molecule has 0 radical (unpaired) electrons. The number of benzene rings is 1. The number of amides is 1. The molecule has 0 bridgehead atoms. The molecule has 1 heterocycles. The number of carbonyl (C=O) groups is 1. The first-order valence-corrected chi connectivity index (χ1v) is 9.30. The largest absolute Gasteiger partial charge is 0.394 e. The molecule has 2 rings (SSSR count). The molecule has 0 saturated carbocycles. The molecule has 23 heavy (non-hydrogen) atoms. The van der Waals surface area contributed by atoms with Gasteiger partial charge in [0.2, 0.25) is 15.9 Å². The zero-order chi connectivity index (χ0) is 17.0. The van der Waals surface area contributed by atoms with E-state index in [9.17, 15) is 18.3 Å². The normalized spacial score (nSPS) is 20.3. The van der Waals surface area contributed by atoms with E-state index in [1.807, 2.05) is 6.92 Å². The Kier molecular flexibility index (Phi) is 5.78. The Hall–Kier alpha value is -1.44. The lowest BCUT2D eigenvalue weighted by Crippen LogP contribution is -2.52. The summed E-state index contributed by atoms with van der Waals surface area (Å²) < 4.78 is 27.1. The van der Waals surface area contributed by atoms with Gasteiger partial charge in [-0.05, 0) is 37.8 Å². The maximum atomic E-state index is 12.5. The number of aliphatic hydroxyl groups excluding tert-OH is 1. The number of hydrogen-bond acceptors (Lipinski definition) is 4. The van der Waals surface area contributed by atoms with E-state index in [0.29, 0.717) is 19.0 Å². The lowest BCUT2D eigenvalue weighted by molar-refractivity contribution is -0.135. The molecule has 1 unspecified atom stereocenters. The molecule has 1 fully saturated rings. The van der Waals surface area contributed by atoms with Gasteiger partial charge in [-0.2, -0.15) is 4.72 Å². The molecule has 128 valence electrons. The highest BCUT2D eigenvalue weighted by Gasteiger charge is 2.30. The number of aliphatic hydroxyl groups is 1. The third-order valence-corrected chi connectivity index (χ3v) is 5.57. The first kappa shape index (κ1) is 17.9. The SMILES string of the molecule is Cc1ccc(S(=O)(=O)N[C@@H](CO)C(=O)N2CCCC(C)C2)cc1. The Morgan fingerprint density at radius 1 is 1.39 bits per heavy atom. The van der Waals surface area contributed by atoms with Crippen molar-refractivity contribution in [2.45, 2.75) is 37.6 Å². The van der Waals surface area contributed by atoms with Gasteiger partial charge < -0.3 is 10.0 Å². The van der Waals surface area contributed by atoms with E-state index in [1.54, 1.807) is 17.0 Å². The number of hydrogen-bond donors (Lipinski definition) is 2. The first-order chi connectivity index (χ1) is 10.8. The second-order valence-corrected chi connectivity index (χ2v) is 7.92. The van der Waals surface area contributed by atoms with Gasteiger partial charge in [-0.3, -0.25) is 4.79 Å². The Balaban J connectivity index is 2.11. The standard InChI is InChI=1S/C16H24N2O4S/c1-12-5-7-14(8-6-12)23(21,22)17-15(11-19)16(20)18-9-3-4-13(2)10-18/h5-8,13,15,17,19H,3-4,9-11H2,1-2H3/t13?,15-/m0/s1. The minimum absolute atomic E-state index is 0.0846. The van der Waals surface area contributed by atoms with Crippen LogP contribution in [0, 0.1) is 12.8 Å². The van der Waals surface area contributed by atoms with Gasteiger partial charge in [0.15, 0.2) is 0 Å². The summed E-state index contributed by atoms with van der Waals surface area (Å²) in [6.45, 7) is 4.56. The monoisotopic (exact) mass is 340 g/mol. The highest BCUT2D eigenvalue weighted by molar-refractivity contribution is 7.89. The number of nitrogens with one attached hydrogen (secondary N) is 1. The summed E-state index contributed by atoms with van der Waals surface area (Å²) in [7, 11) is -3.84. The van der Waals surface area contributed by atoms with Crippen LogP contribution >= 0.6 is 0 Å². The number of sulfonamides is 1. The van der Waals surface area contributed by atoms with Crippen molar-refractivity contribution < 1.29 is 18.3 Å². The number of carbonyl (C=O) groups excluding carboxylic acids is 1. The van der Waals surface area contributed by atoms with Gasteiger partial charge in [-0.25, -0.2) is 8.42 Å². The number of aryl methyl sites for hydroxylation is 1. The second-order valence-electron chi connectivity index (χ2n) is 6.20. The number of rotatable bonds is 5. The molecule has 1 saturated heterocycles. The Labute approximate surface area is 137 Å². The van der Waals surface area contributed by atoms with Crippen LogP contribution < -0.4 is 4.72 Å². The fourth-order valence-corrected chi connectivity index (χ4v) is 3.93. The summed E-state index contributed by atoms with van der Waals surface area (Å²) >= 11 is 0. The van der Waals surface area contributed by atoms with Gasteiger partial charge in [-0.15, -0.1) is 0 Å². The van der Waals surface area contributed by atoms with Crippen LogP contribution in [0.5, 0.6) is 0 Å². The van der Waals surface area contributed by atoms with E-state index in [0.717, 1.165) is 18.4 Å². The second kappa shape index (κ2) is 7.42. The smallest absolute Gasteiger partial charge is 0.243 e. The van der Waals surface area contributed by atoms with Gasteiger partial charge in [0, 0.05) is 13.1 Å². The fourth-order valence-electron chi connectivity index (χ4n) is 2.75. The molecule has 1 aliphatic heterocycles. The van der Waals surface area contributed by atoms with Crippen molar-refractivity contribution in [3.05, 3.63) is 29.8 Å². The summed E-state index contributed by atoms with van der Waals surface area (Å²) in [5, 5.41) is 9.47. The third-order valence-electron chi connectivity index (χ3n) is 4.08. The van der Waals surface area contributed by atoms with E-state index in [1.165, 1.54) is 12.1 Å². The maximum absolute atomic E-state index is 12.5. The van der Waals surface area contributed by atoms with Crippen molar-refractivity contribution in [2.75, 3.05) is 19.7 Å². The Bertz CT molecular complexity index is 643. The molecule has 0 spiro atoms. The van der Waals surface area contributed by atoms with Gasteiger partial charge >= 0.3 is 0 Å². The molecular weight excluding hydrogens is 316 g/mol. The highest BCUT2D eigenvalue weighted by atomic mass is 32.2. The maximum Gasteiger partial charge on any atom is 0.243 e. The van der Waals surface area contributed by atoms with Crippen molar-refractivity contribution in [1.82, 2.24) is 9.62 Å². The summed E-state index contributed by atoms with van der Waals surface area (Å²) in [6, 6.07) is 5.21. The molecule has 0 aromatic heterocycles. The zero-order valence-electron chi connectivity index (χ0n) is 13.5. The highest BCUT2D eigenvalue weighted by Crippen LogP contribution is 2.17. The molecule has 6 nitrogen and oxygen atoms in total. The Morgan fingerprint density at radius 2 is 2.04 bits per heavy atom. The predicted molar refractivity (Wildman–Crippen MR) is 87.4 cm³/mol. The molecule has 2 N–H and O–H groups in total. The van der Waals surface area contributed by atoms with E-state index < -0.39 is 22.7 Å². The van der Waals surface area contributed by atoms with Crippen molar-refractivity contribution in [1.29, 1.82) is 0 Å². The van der Waals surface area contributed by atoms with Crippen LogP contribution in [-0.2, 0) is 14.8 Å². The van der Waals surface area contributed by atoms with Crippen LogP contribution in [0.25, 0.3) is 0 Å². The zero-order valence-corrected chi connectivity index (χ0v) is 14.3. The van der Waals surface area contributed by atoms with E-state index in [-0.39, 0.29) is 10.8 Å². The van der Waals surface area contributed by atoms with Gasteiger partial charge in [-0.1, -0.05) is 24.6 Å². The molecule has 1 amide bonds. The van der Waals surface area contributed by atoms with Crippen LogP contribution in [0.15, 0.2) is 29.2 Å². The van der Waals surface area contributed by atoms with Gasteiger partial charge in [0.25, 0.3) is 0 Å². The number of piperidine rings is 1. The molecule has 1 aromatic carbocycles. The topological polar surface area (TPSA) is 86.7 Å². The molecule has 0 aliphatic carbocycles. The minimum Gasteiger partial charge on any atom is -0.394 e. The molecular formula is C16H24N2O4S. The molecule has 1 aromatic rings. The Morgan fingerprint density at radius 3 is 2.61 bits per heavy atom. The van der Waals surface area contributed by atoms with E-state index in [4.69, 9.17) is 0 Å². The summed E-state index contributed by atoms with van der Waals surface area (Å²) in [5.74, 6) is 0.0236. The van der Waals surface area contributed by atoms with Crippen LogP contribution in [0.2, 0.25) is 0 Å². The average molecular weight is 340 g/mol. The molecule has 2 atom stereocenters. The van der Waals surface area contributed by atoms with Crippen LogP contribution in [0.1, 0.15) is 25.3 Å². The van der Waals surface area contributed by atoms with E-state index >= 15 is 0 Å². The first-order valence-electron chi connectivity index (χ1n) is 7.82.